The number of rotatable bonds is 3. The Labute approximate surface area is 305 Å². The van der Waals surface area contributed by atoms with Crippen LogP contribution in [0, 0.1) is 0 Å². The third kappa shape index (κ3) is 3.94. The van der Waals surface area contributed by atoms with Gasteiger partial charge < -0.3 is 13.9 Å². The molecule has 9 aromatic carbocycles. The van der Waals surface area contributed by atoms with E-state index in [1.54, 1.807) is 0 Å². The van der Waals surface area contributed by atoms with Gasteiger partial charge in [-0.05, 0) is 88.1 Å². The molecule has 0 aliphatic carbocycles. The van der Waals surface area contributed by atoms with Crippen LogP contribution in [0.25, 0.3) is 98.8 Å². The van der Waals surface area contributed by atoms with Gasteiger partial charge in [0.05, 0.1) is 27.8 Å². The summed E-state index contributed by atoms with van der Waals surface area (Å²) in [5.41, 5.74) is 11.8. The predicted octanol–water partition coefficient (Wildman–Crippen LogP) is 13.6. The van der Waals surface area contributed by atoms with Crippen LogP contribution in [0.2, 0.25) is 0 Å². The lowest BCUT2D eigenvalue weighted by Crippen LogP contribution is -1.99. The lowest BCUT2D eigenvalue weighted by Gasteiger charge is -2.23. The Morgan fingerprint density at radius 1 is 0.340 bits per heavy atom. The number of fused-ring (bicyclic) bond motifs is 10. The van der Waals surface area contributed by atoms with Gasteiger partial charge in [0.25, 0.3) is 0 Å². The minimum atomic E-state index is 0.876. The third-order valence-electron chi connectivity index (χ3n) is 11.3. The molecular formula is C50H30N2O. The van der Waals surface area contributed by atoms with Gasteiger partial charge in [-0.2, -0.15) is 0 Å². The average Bonchev–Trinajstić information content (AvgIpc) is 3.74. The van der Waals surface area contributed by atoms with Gasteiger partial charge >= 0.3 is 0 Å². The van der Waals surface area contributed by atoms with Crippen molar-refractivity contribution in [2.24, 2.45) is 0 Å². The van der Waals surface area contributed by atoms with Crippen molar-refractivity contribution in [3.05, 3.63) is 182 Å². The summed E-state index contributed by atoms with van der Waals surface area (Å²) in [6.07, 6.45) is 0. The molecule has 2 aromatic heterocycles. The van der Waals surface area contributed by atoms with E-state index in [2.05, 4.69) is 191 Å². The molecule has 12 rings (SSSR count). The van der Waals surface area contributed by atoms with Crippen molar-refractivity contribution in [1.29, 1.82) is 0 Å². The first-order valence-electron chi connectivity index (χ1n) is 18.2. The summed E-state index contributed by atoms with van der Waals surface area (Å²) in [5.74, 6) is 1.78. The van der Waals surface area contributed by atoms with E-state index in [0.29, 0.717) is 0 Å². The molecule has 0 amide bonds. The Morgan fingerprint density at radius 2 is 1.00 bits per heavy atom. The summed E-state index contributed by atoms with van der Waals surface area (Å²) in [5, 5.41) is 9.81. The van der Waals surface area contributed by atoms with Gasteiger partial charge in [0.2, 0.25) is 0 Å². The monoisotopic (exact) mass is 674 g/mol. The van der Waals surface area contributed by atoms with Crippen molar-refractivity contribution in [3.8, 4) is 45.1 Å². The summed E-state index contributed by atoms with van der Waals surface area (Å²) in [6.45, 7) is 0. The van der Waals surface area contributed by atoms with Crippen LogP contribution in [0.5, 0.6) is 11.5 Å². The smallest absolute Gasteiger partial charge is 0.135 e. The van der Waals surface area contributed by atoms with Crippen LogP contribution < -0.4 is 4.74 Å². The van der Waals surface area contributed by atoms with Gasteiger partial charge in [-0.15, -0.1) is 0 Å². The fourth-order valence-electron chi connectivity index (χ4n) is 9.10. The molecule has 53 heavy (non-hydrogen) atoms. The van der Waals surface area contributed by atoms with Crippen LogP contribution in [-0.4, -0.2) is 9.13 Å². The Hall–Kier alpha value is -7.10. The predicted molar refractivity (Wildman–Crippen MR) is 221 cm³/mol. The number of benzene rings is 9. The first-order valence-corrected chi connectivity index (χ1v) is 18.2. The number of aromatic nitrogens is 2. The van der Waals surface area contributed by atoms with Gasteiger partial charge in [0, 0.05) is 43.6 Å². The molecule has 1 aliphatic rings. The average molecular weight is 675 g/mol. The number of nitrogens with zero attached hydrogens (tertiary/aromatic N) is 2. The second-order valence-corrected chi connectivity index (χ2v) is 14.0. The van der Waals surface area contributed by atoms with Crippen LogP contribution in [0.15, 0.2) is 182 Å². The maximum absolute atomic E-state index is 6.74. The van der Waals surface area contributed by atoms with Gasteiger partial charge in [0.1, 0.15) is 11.5 Å². The highest BCUT2D eigenvalue weighted by atomic mass is 16.5. The molecule has 0 saturated carbocycles. The summed E-state index contributed by atoms with van der Waals surface area (Å²) in [4.78, 5) is 0. The molecule has 246 valence electrons. The van der Waals surface area contributed by atoms with E-state index in [-0.39, 0.29) is 0 Å². The molecule has 0 unspecified atom stereocenters. The molecule has 3 heterocycles. The summed E-state index contributed by atoms with van der Waals surface area (Å²) < 4.78 is 11.6. The Kier molecular flexibility index (Phi) is 5.77. The van der Waals surface area contributed by atoms with Crippen molar-refractivity contribution in [2.75, 3.05) is 0 Å². The molecule has 3 nitrogen and oxygen atoms in total. The largest absolute Gasteiger partial charge is 0.456 e. The summed E-state index contributed by atoms with van der Waals surface area (Å²) in [6, 6.07) is 65.9. The second kappa shape index (κ2) is 10.7. The summed E-state index contributed by atoms with van der Waals surface area (Å²) in [7, 11) is 0. The van der Waals surface area contributed by atoms with Crippen LogP contribution >= 0.6 is 0 Å². The van der Waals surface area contributed by atoms with Crippen LogP contribution in [0.3, 0.4) is 0 Å². The van der Waals surface area contributed by atoms with E-state index < -0.39 is 0 Å². The lowest BCUT2D eigenvalue weighted by atomic mass is 9.89. The molecule has 0 fully saturated rings. The minimum Gasteiger partial charge on any atom is -0.456 e. The number of ether oxygens (including phenoxy) is 1. The zero-order valence-electron chi connectivity index (χ0n) is 28.6. The zero-order valence-corrected chi connectivity index (χ0v) is 28.6. The highest BCUT2D eigenvalue weighted by molar-refractivity contribution is 6.26. The van der Waals surface area contributed by atoms with Crippen molar-refractivity contribution >= 4 is 65.2 Å². The normalized spacial score (nSPS) is 12.3. The molecule has 0 saturated heterocycles. The molecule has 0 spiro atoms. The Morgan fingerprint density at radius 3 is 1.87 bits per heavy atom. The Balaban J connectivity index is 1.14. The maximum Gasteiger partial charge on any atom is 0.135 e. The third-order valence-corrected chi connectivity index (χ3v) is 11.3. The van der Waals surface area contributed by atoms with E-state index in [1.165, 1.54) is 76.6 Å². The van der Waals surface area contributed by atoms with Crippen LogP contribution in [0.1, 0.15) is 0 Å². The van der Waals surface area contributed by atoms with Crippen molar-refractivity contribution in [2.45, 2.75) is 0 Å². The van der Waals surface area contributed by atoms with Gasteiger partial charge in [-0.3, -0.25) is 0 Å². The first kappa shape index (κ1) is 28.6. The summed E-state index contributed by atoms with van der Waals surface area (Å²) >= 11 is 0. The molecule has 1 aliphatic heterocycles. The quantitative estimate of drug-likeness (QED) is 0.183. The van der Waals surface area contributed by atoms with E-state index in [4.69, 9.17) is 4.74 Å². The standard InChI is InChI=1S/C50H30N2O/c1-2-15-33(16-3-1)51-42-22-8-6-18-36(42)49-38-21-12-26-47-50(38)40(30-45(49)51)39-29-32(27-28-46(39)53-47)35-20-11-25-44-48(35)37-19-7-9-23-43(37)52(44)41-24-10-14-31-13-4-5-17-34(31)41/h1-30H. The minimum absolute atomic E-state index is 0.876. The fourth-order valence-corrected chi connectivity index (χ4v) is 9.10. The van der Waals surface area contributed by atoms with E-state index >= 15 is 0 Å². The van der Waals surface area contributed by atoms with E-state index in [1.807, 2.05) is 0 Å². The van der Waals surface area contributed by atoms with E-state index in [9.17, 15) is 0 Å². The molecule has 3 heteroatoms. The van der Waals surface area contributed by atoms with Gasteiger partial charge in [-0.25, -0.2) is 0 Å². The van der Waals surface area contributed by atoms with E-state index in [0.717, 1.165) is 33.7 Å². The maximum atomic E-state index is 6.74. The molecular weight excluding hydrogens is 645 g/mol. The topological polar surface area (TPSA) is 19.1 Å². The number of para-hydroxylation sites is 3. The molecule has 0 radical (unpaired) electrons. The SMILES string of the molecule is c1ccc(-n2c3ccccc3c3c4cccc5c4c(cc32)-c2cc(-c3cccc4c3c3ccccc3n4-c3cccc4ccccc34)ccc2O5)cc1. The number of hydrogen-bond acceptors (Lipinski definition) is 1. The van der Waals surface area contributed by atoms with Crippen molar-refractivity contribution < 1.29 is 4.74 Å². The first-order chi connectivity index (χ1) is 26.3. The molecule has 0 atom stereocenters. The lowest BCUT2D eigenvalue weighted by molar-refractivity contribution is 0.487. The van der Waals surface area contributed by atoms with Crippen molar-refractivity contribution in [1.82, 2.24) is 9.13 Å². The highest BCUT2D eigenvalue weighted by Gasteiger charge is 2.26. The van der Waals surface area contributed by atoms with Gasteiger partial charge in [0.15, 0.2) is 0 Å². The molecule has 0 N–H and O–H groups in total. The Bertz CT molecular complexity index is 3310. The molecule has 11 aromatic rings. The second-order valence-electron chi connectivity index (χ2n) is 14.0. The van der Waals surface area contributed by atoms with Crippen LogP contribution in [0.4, 0.5) is 0 Å². The van der Waals surface area contributed by atoms with Crippen LogP contribution in [-0.2, 0) is 0 Å². The molecule has 0 bridgehead atoms. The van der Waals surface area contributed by atoms with Crippen molar-refractivity contribution in [3.63, 3.8) is 0 Å². The van der Waals surface area contributed by atoms with Gasteiger partial charge in [-0.1, -0.05) is 121 Å². The fraction of sp³-hybridized carbons (Fsp3) is 0. The zero-order chi connectivity index (χ0) is 34.6. The number of hydrogen-bond donors (Lipinski definition) is 0. The highest BCUT2D eigenvalue weighted by Crippen LogP contribution is 2.52.